The highest BCUT2D eigenvalue weighted by Gasteiger charge is 2.14. The van der Waals surface area contributed by atoms with Crippen LogP contribution < -0.4 is 10.6 Å². The maximum Gasteiger partial charge on any atom is 0.275 e. The van der Waals surface area contributed by atoms with Crippen molar-refractivity contribution in [3.8, 4) is 0 Å². The molecule has 1 fully saturated rings. The zero-order valence-electron chi connectivity index (χ0n) is 13.8. The van der Waals surface area contributed by atoms with Crippen molar-refractivity contribution in [3.63, 3.8) is 0 Å². The summed E-state index contributed by atoms with van der Waals surface area (Å²) in [6.07, 6.45) is 10.5. The molecule has 1 aromatic carbocycles. The van der Waals surface area contributed by atoms with Crippen LogP contribution in [0.1, 0.15) is 49.0 Å². The van der Waals surface area contributed by atoms with Gasteiger partial charge in [-0.3, -0.25) is 4.79 Å². The van der Waals surface area contributed by atoms with E-state index < -0.39 is 0 Å². The maximum absolute atomic E-state index is 12.3. The molecule has 1 heterocycles. The highest BCUT2D eigenvalue weighted by Crippen LogP contribution is 2.23. The molecule has 1 aromatic heterocycles. The lowest BCUT2D eigenvalue weighted by Gasteiger charge is -2.16. The zero-order chi connectivity index (χ0) is 17.6. The molecule has 3 rings (SSSR count). The Bertz CT molecular complexity index is 708. The number of nitrogens with one attached hydrogen (secondary N) is 2. The van der Waals surface area contributed by atoms with Crippen LogP contribution in [0.3, 0.4) is 0 Å². The summed E-state index contributed by atoms with van der Waals surface area (Å²) >= 11 is 11.9. The molecular weight excluding hydrogens is 359 g/mol. The fourth-order valence-electron chi connectivity index (χ4n) is 2.97. The quantitative estimate of drug-likeness (QED) is 0.720. The fraction of sp³-hybridized carbons (Fsp3) is 0.389. The lowest BCUT2D eigenvalue weighted by molar-refractivity contribution is 0.102. The predicted molar refractivity (Wildman–Crippen MR) is 102 cm³/mol. The number of rotatable bonds is 4. The van der Waals surface area contributed by atoms with Crippen molar-refractivity contribution in [2.45, 2.75) is 44.6 Å². The smallest absolute Gasteiger partial charge is 0.275 e. The molecule has 132 valence electrons. The molecule has 0 aliphatic heterocycles. The van der Waals surface area contributed by atoms with Crippen molar-refractivity contribution >= 4 is 40.6 Å². The van der Waals surface area contributed by atoms with E-state index in [0.29, 0.717) is 27.6 Å². The van der Waals surface area contributed by atoms with E-state index >= 15 is 0 Å². The van der Waals surface area contributed by atoms with Gasteiger partial charge in [-0.1, -0.05) is 48.9 Å². The molecule has 0 bridgehead atoms. The average Bonchev–Trinajstić information content (AvgIpc) is 2.83. The minimum atomic E-state index is -0.355. The monoisotopic (exact) mass is 378 g/mol. The van der Waals surface area contributed by atoms with Crippen molar-refractivity contribution in [1.82, 2.24) is 9.97 Å². The molecule has 1 amide bonds. The van der Waals surface area contributed by atoms with Crippen LogP contribution in [0.2, 0.25) is 10.0 Å². The van der Waals surface area contributed by atoms with Crippen molar-refractivity contribution in [3.05, 3.63) is 46.3 Å². The first kappa shape index (κ1) is 18.0. The van der Waals surface area contributed by atoms with Crippen molar-refractivity contribution in [2.24, 2.45) is 0 Å². The van der Waals surface area contributed by atoms with Crippen molar-refractivity contribution in [1.29, 1.82) is 0 Å². The summed E-state index contributed by atoms with van der Waals surface area (Å²) in [6, 6.07) is 5.29. The Morgan fingerprint density at radius 1 is 0.960 bits per heavy atom. The van der Waals surface area contributed by atoms with E-state index in [1.807, 2.05) is 0 Å². The van der Waals surface area contributed by atoms with E-state index in [2.05, 4.69) is 20.6 Å². The minimum absolute atomic E-state index is 0.238. The summed E-state index contributed by atoms with van der Waals surface area (Å²) in [5.74, 6) is 0.348. The topological polar surface area (TPSA) is 66.9 Å². The zero-order valence-corrected chi connectivity index (χ0v) is 15.3. The standard InChI is InChI=1S/C18H20Cl2N4O/c19-12-7-13(20)9-15(8-12)24-18(25)16-10-22-17(11-21-16)23-14-5-3-1-2-4-6-14/h7-11,14H,1-6H2,(H,22,23)(H,24,25). The Balaban J connectivity index is 1.61. The van der Waals surface area contributed by atoms with Gasteiger partial charge in [-0.2, -0.15) is 0 Å². The van der Waals surface area contributed by atoms with Crippen LogP contribution in [0, 0.1) is 0 Å². The molecule has 1 saturated carbocycles. The van der Waals surface area contributed by atoms with E-state index in [1.165, 1.54) is 31.9 Å². The second kappa shape index (κ2) is 8.50. The van der Waals surface area contributed by atoms with Gasteiger partial charge in [0, 0.05) is 21.8 Å². The van der Waals surface area contributed by atoms with Gasteiger partial charge in [0.15, 0.2) is 0 Å². The summed E-state index contributed by atoms with van der Waals surface area (Å²) in [4.78, 5) is 20.8. The molecule has 1 aliphatic carbocycles. The SMILES string of the molecule is O=C(Nc1cc(Cl)cc(Cl)c1)c1cnc(NC2CCCCCC2)cn1. The van der Waals surface area contributed by atoms with E-state index in [1.54, 1.807) is 24.4 Å². The van der Waals surface area contributed by atoms with Gasteiger partial charge in [-0.05, 0) is 31.0 Å². The molecule has 25 heavy (non-hydrogen) atoms. The Labute approximate surface area is 157 Å². The van der Waals surface area contributed by atoms with Crippen molar-refractivity contribution in [2.75, 3.05) is 10.6 Å². The first-order valence-electron chi connectivity index (χ1n) is 8.46. The van der Waals surface area contributed by atoms with Gasteiger partial charge in [0.2, 0.25) is 0 Å². The lowest BCUT2D eigenvalue weighted by Crippen LogP contribution is -2.20. The number of benzene rings is 1. The fourth-order valence-corrected chi connectivity index (χ4v) is 3.50. The largest absolute Gasteiger partial charge is 0.366 e. The molecule has 0 saturated heterocycles. The number of carbonyl (C=O) groups excluding carboxylic acids is 1. The van der Waals surface area contributed by atoms with Gasteiger partial charge in [0.25, 0.3) is 5.91 Å². The van der Waals surface area contributed by atoms with Crippen LogP contribution >= 0.6 is 23.2 Å². The molecule has 2 N–H and O–H groups in total. The second-order valence-corrected chi connectivity index (χ2v) is 7.10. The van der Waals surface area contributed by atoms with Crippen LogP contribution in [-0.2, 0) is 0 Å². The number of anilines is 2. The summed E-state index contributed by atoms with van der Waals surface area (Å²) < 4.78 is 0. The molecule has 0 spiro atoms. The Hall–Kier alpha value is -1.85. The number of nitrogens with zero attached hydrogens (tertiary/aromatic N) is 2. The van der Waals surface area contributed by atoms with E-state index in [9.17, 15) is 4.79 Å². The van der Waals surface area contributed by atoms with E-state index in [0.717, 1.165) is 12.8 Å². The third-order valence-corrected chi connectivity index (χ3v) is 4.65. The van der Waals surface area contributed by atoms with Crippen LogP contribution in [0.25, 0.3) is 0 Å². The van der Waals surface area contributed by atoms with Gasteiger partial charge in [-0.15, -0.1) is 0 Å². The highest BCUT2D eigenvalue weighted by molar-refractivity contribution is 6.35. The minimum Gasteiger partial charge on any atom is -0.366 e. The molecule has 2 aromatic rings. The third-order valence-electron chi connectivity index (χ3n) is 4.21. The predicted octanol–water partition coefficient (Wildman–Crippen LogP) is 5.17. The summed E-state index contributed by atoms with van der Waals surface area (Å²) in [5.41, 5.74) is 0.757. The number of hydrogen-bond donors (Lipinski definition) is 2. The Morgan fingerprint density at radius 3 is 2.24 bits per heavy atom. The van der Waals surface area contributed by atoms with Crippen LogP contribution in [0.4, 0.5) is 11.5 Å². The molecule has 0 unspecified atom stereocenters. The van der Waals surface area contributed by atoms with Crippen LogP contribution in [0.15, 0.2) is 30.6 Å². The first-order chi connectivity index (χ1) is 12.1. The first-order valence-corrected chi connectivity index (χ1v) is 9.22. The molecular formula is C18H20Cl2N4O. The van der Waals surface area contributed by atoms with Gasteiger partial charge in [0.1, 0.15) is 11.5 Å². The summed E-state index contributed by atoms with van der Waals surface area (Å²) in [7, 11) is 0. The van der Waals surface area contributed by atoms with Crippen LogP contribution in [-0.4, -0.2) is 21.9 Å². The molecule has 5 nitrogen and oxygen atoms in total. The van der Waals surface area contributed by atoms with Gasteiger partial charge >= 0.3 is 0 Å². The Kier molecular flexibility index (Phi) is 6.10. The average molecular weight is 379 g/mol. The van der Waals surface area contributed by atoms with Crippen LogP contribution in [0.5, 0.6) is 0 Å². The molecule has 0 atom stereocenters. The van der Waals surface area contributed by atoms with Gasteiger partial charge in [0.05, 0.1) is 12.4 Å². The molecule has 7 heteroatoms. The van der Waals surface area contributed by atoms with E-state index in [-0.39, 0.29) is 11.6 Å². The Morgan fingerprint density at radius 2 is 1.64 bits per heavy atom. The number of carbonyl (C=O) groups is 1. The van der Waals surface area contributed by atoms with Gasteiger partial charge < -0.3 is 10.6 Å². The normalized spacial score (nSPS) is 15.4. The summed E-state index contributed by atoms with van der Waals surface area (Å²) in [5, 5.41) is 7.04. The van der Waals surface area contributed by atoms with Crippen molar-refractivity contribution < 1.29 is 4.79 Å². The second-order valence-electron chi connectivity index (χ2n) is 6.23. The third kappa shape index (κ3) is 5.31. The number of halogens is 2. The number of aromatic nitrogens is 2. The molecule has 0 radical (unpaired) electrons. The number of amides is 1. The molecule has 1 aliphatic rings. The van der Waals surface area contributed by atoms with E-state index in [4.69, 9.17) is 23.2 Å². The lowest BCUT2D eigenvalue weighted by atomic mass is 10.1. The maximum atomic E-state index is 12.3. The number of hydrogen-bond acceptors (Lipinski definition) is 4. The summed E-state index contributed by atoms with van der Waals surface area (Å²) in [6.45, 7) is 0. The highest BCUT2D eigenvalue weighted by atomic mass is 35.5. The van der Waals surface area contributed by atoms with Gasteiger partial charge in [-0.25, -0.2) is 9.97 Å².